The zero-order chi connectivity index (χ0) is 39.0. The van der Waals surface area contributed by atoms with Gasteiger partial charge in [-0.05, 0) is 54.8 Å². The Morgan fingerprint density at radius 2 is 1.60 bits per heavy atom. The summed E-state index contributed by atoms with van der Waals surface area (Å²) in [6.45, 7) is 9.70. The second-order valence-corrected chi connectivity index (χ2v) is 19.1. The molecule has 3 aliphatic carbocycles. The molecule has 1 saturated heterocycles. The minimum absolute atomic E-state index is 0.0194. The van der Waals surface area contributed by atoms with Crippen molar-refractivity contribution in [3.63, 3.8) is 0 Å². The van der Waals surface area contributed by atoms with Gasteiger partial charge in [0.05, 0.1) is 17.3 Å². The van der Waals surface area contributed by atoms with Crippen LogP contribution in [0.2, 0.25) is 0 Å². The van der Waals surface area contributed by atoms with Crippen molar-refractivity contribution in [3.8, 4) is 0 Å². The molecule has 4 rings (SSSR count). The maximum absolute atomic E-state index is 14.4. The van der Waals surface area contributed by atoms with Gasteiger partial charge in [-0.25, -0.2) is 13.2 Å². The van der Waals surface area contributed by atoms with E-state index in [1.807, 2.05) is 20.8 Å². The number of alkyl halides is 3. The van der Waals surface area contributed by atoms with Crippen molar-refractivity contribution in [3.05, 3.63) is 0 Å². The summed E-state index contributed by atoms with van der Waals surface area (Å²) in [4.78, 5) is 69.5. The Morgan fingerprint density at radius 1 is 0.981 bits per heavy atom. The lowest BCUT2D eigenvalue weighted by Crippen LogP contribution is -2.64. The van der Waals surface area contributed by atoms with E-state index in [0.717, 1.165) is 32.7 Å². The van der Waals surface area contributed by atoms with Crippen LogP contribution in [0.25, 0.3) is 0 Å². The van der Waals surface area contributed by atoms with Gasteiger partial charge in [0.15, 0.2) is 0 Å². The van der Waals surface area contributed by atoms with Gasteiger partial charge in [-0.1, -0.05) is 73.6 Å². The van der Waals surface area contributed by atoms with Crippen molar-refractivity contribution in [1.82, 2.24) is 30.5 Å². The van der Waals surface area contributed by atoms with E-state index >= 15 is 0 Å². The SMILES string of the molecule is CCCCC(NC(=O)C1C2C(CN1C(=O)C(NC(=O)NC1(CS(=O)(=O)N(C)CC(F)(F)F)CCCCC1)C(C)(C)C)C2(C)C)C(=O)C(=O)NC1CC1. The van der Waals surface area contributed by atoms with Crippen molar-refractivity contribution in [2.75, 3.05) is 25.9 Å². The smallest absolute Gasteiger partial charge is 0.347 e. The van der Waals surface area contributed by atoms with Crippen LogP contribution in [0.4, 0.5) is 18.0 Å². The number of rotatable bonds is 15. The molecule has 1 aliphatic heterocycles. The number of amides is 5. The second-order valence-electron chi connectivity index (χ2n) is 17.1. The molecule has 0 aromatic heterocycles. The number of ketones is 1. The highest BCUT2D eigenvalue weighted by Gasteiger charge is 2.70. The molecule has 4 N–H and O–H groups in total. The van der Waals surface area contributed by atoms with Gasteiger partial charge >= 0.3 is 12.2 Å². The molecule has 296 valence electrons. The first kappa shape index (κ1) is 41.8. The van der Waals surface area contributed by atoms with Crippen molar-refractivity contribution in [2.45, 2.75) is 142 Å². The molecular weight excluding hydrogens is 705 g/mol. The van der Waals surface area contributed by atoms with Crippen molar-refractivity contribution >= 4 is 39.6 Å². The lowest BCUT2D eigenvalue weighted by Gasteiger charge is -2.41. The molecule has 0 aromatic rings. The lowest BCUT2D eigenvalue weighted by atomic mass is 9.83. The molecule has 17 heteroatoms. The van der Waals surface area contributed by atoms with Gasteiger partial charge in [0.2, 0.25) is 27.6 Å². The summed E-state index contributed by atoms with van der Waals surface area (Å²) >= 11 is 0. The quantitative estimate of drug-likeness (QED) is 0.186. The number of nitrogens with zero attached hydrogens (tertiary/aromatic N) is 2. The molecule has 5 unspecified atom stereocenters. The van der Waals surface area contributed by atoms with Gasteiger partial charge in [-0.2, -0.15) is 17.5 Å². The Morgan fingerprint density at radius 3 is 2.13 bits per heavy atom. The third-order valence-electron chi connectivity index (χ3n) is 11.3. The minimum atomic E-state index is -4.75. The molecule has 13 nitrogen and oxygen atoms in total. The highest BCUT2D eigenvalue weighted by Crippen LogP contribution is 2.65. The number of hydrogen-bond acceptors (Lipinski definition) is 7. The largest absolute Gasteiger partial charge is 0.402 e. The Labute approximate surface area is 305 Å². The van der Waals surface area contributed by atoms with Crippen LogP contribution in [-0.4, -0.2) is 109 Å². The summed E-state index contributed by atoms with van der Waals surface area (Å²) in [5.41, 5.74) is -2.53. The highest BCUT2D eigenvalue weighted by molar-refractivity contribution is 7.89. The summed E-state index contributed by atoms with van der Waals surface area (Å²) in [5, 5.41) is 11.0. The predicted molar refractivity (Wildman–Crippen MR) is 187 cm³/mol. The summed E-state index contributed by atoms with van der Waals surface area (Å²) in [6.07, 6.45) is 0.718. The Hall–Kier alpha value is -2.95. The lowest BCUT2D eigenvalue weighted by molar-refractivity contribution is -0.145. The van der Waals surface area contributed by atoms with Crippen LogP contribution in [0.3, 0.4) is 0 Å². The van der Waals surface area contributed by atoms with E-state index < -0.39 is 87.1 Å². The van der Waals surface area contributed by atoms with E-state index in [0.29, 0.717) is 19.3 Å². The van der Waals surface area contributed by atoms with Crippen LogP contribution < -0.4 is 21.3 Å². The molecule has 5 atom stereocenters. The van der Waals surface area contributed by atoms with Crippen molar-refractivity contribution < 1.29 is 45.6 Å². The third kappa shape index (κ3) is 9.97. The molecular formula is C35H57F3N6O7S. The first-order chi connectivity index (χ1) is 23.9. The number of unbranched alkanes of at least 4 members (excludes halogenated alkanes) is 1. The molecule has 52 heavy (non-hydrogen) atoms. The average Bonchev–Trinajstić information content (AvgIpc) is 3.87. The van der Waals surface area contributed by atoms with Gasteiger partial charge in [-0.15, -0.1) is 0 Å². The molecule has 4 fully saturated rings. The van der Waals surface area contributed by atoms with E-state index in [4.69, 9.17) is 0 Å². The number of hydrogen-bond donors (Lipinski definition) is 4. The second kappa shape index (κ2) is 15.4. The molecule has 1 heterocycles. The molecule has 3 saturated carbocycles. The summed E-state index contributed by atoms with van der Waals surface area (Å²) < 4.78 is 65.6. The van der Waals surface area contributed by atoms with Crippen molar-refractivity contribution in [1.29, 1.82) is 0 Å². The minimum Gasteiger partial charge on any atom is -0.347 e. The average molecular weight is 763 g/mol. The van der Waals surface area contributed by atoms with Crippen molar-refractivity contribution in [2.24, 2.45) is 22.7 Å². The summed E-state index contributed by atoms with van der Waals surface area (Å²) in [7, 11) is -3.59. The van der Waals surface area contributed by atoms with Gasteiger partial charge in [-0.3, -0.25) is 19.2 Å². The fraction of sp³-hybridized carbons (Fsp3) is 0.857. The van der Waals surface area contributed by atoms with E-state index in [-0.39, 0.29) is 53.4 Å². The van der Waals surface area contributed by atoms with Gasteiger partial charge in [0.1, 0.15) is 18.6 Å². The molecule has 0 aromatic carbocycles. The monoisotopic (exact) mass is 762 g/mol. The van der Waals surface area contributed by atoms with Crippen LogP contribution in [0.5, 0.6) is 0 Å². The number of nitrogens with one attached hydrogen (secondary N) is 4. The van der Waals surface area contributed by atoms with Crippen LogP contribution in [0.15, 0.2) is 0 Å². The molecule has 5 amide bonds. The number of Topliss-reactive ketones (excluding diaryl/α,β-unsaturated/α-hetero) is 1. The van der Waals surface area contributed by atoms with E-state index in [1.54, 1.807) is 20.8 Å². The predicted octanol–water partition coefficient (Wildman–Crippen LogP) is 3.23. The number of fused-ring (bicyclic) bond motifs is 1. The van der Waals surface area contributed by atoms with Gasteiger partial charge in [0.25, 0.3) is 5.91 Å². The topological polar surface area (TPSA) is 174 Å². The number of carbonyl (C=O) groups is 5. The van der Waals surface area contributed by atoms with E-state index in [2.05, 4.69) is 21.3 Å². The Kier molecular flexibility index (Phi) is 12.4. The third-order valence-corrected chi connectivity index (χ3v) is 13.3. The number of sulfonamides is 1. The van der Waals surface area contributed by atoms with Crippen LogP contribution in [0, 0.1) is 22.7 Å². The Bertz CT molecular complexity index is 1490. The van der Waals surface area contributed by atoms with E-state index in [9.17, 15) is 45.6 Å². The summed E-state index contributed by atoms with van der Waals surface area (Å²) in [6, 6.07) is -4.10. The number of carbonyl (C=O) groups excluding carboxylic acids is 5. The molecule has 0 spiro atoms. The van der Waals surface area contributed by atoms with Gasteiger partial charge < -0.3 is 26.2 Å². The maximum atomic E-state index is 14.4. The number of piperidine rings is 1. The van der Waals surface area contributed by atoms with Crippen LogP contribution in [0.1, 0.15) is 106 Å². The van der Waals surface area contributed by atoms with Crippen LogP contribution >= 0.6 is 0 Å². The summed E-state index contributed by atoms with van der Waals surface area (Å²) in [5.74, 6) is -3.55. The Balaban J connectivity index is 1.53. The molecule has 0 bridgehead atoms. The number of halogens is 3. The number of likely N-dealkylation sites (tertiary alicyclic amines) is 1. The van der Waals surface area contributed by atoms with Crippen LogP contribution in [-0.2, 0) is 29.2 Å². The fourth-order valence-corrected chi connectivity index (χ4v) is 9.58. The zero-order valence-electron chi connectivity index (χ0n) is 31.5. The molecule has 0 radical (unpaired) electrons. The zero-order valence-corrected chi connectivity index (χ0v) is 32.3. The highest BCUT2D eigenvalue weighted by atomic mass is 32.2. The standard InChI is InChI=1S/C35H57F3N6O7S/c1-8-9-13-23(26(45)29(47)39-21-14-15-21)40-28(46)25-24-22(33(24,5)6)18-44(25)30(48)27(32(2,3)4)41-31(49)42-34(16-11-10-12-17-34)20-52(50,51)43(7)19-35(36,37)38/h21-25,27H,8-20H2,1-7H3,(H,39,47)(H,40,46)(H2,41,42,49). The fourth-order valence-electron chi connectivity index (χ4n) is 7.96. The normalized spacial score (nSPS) is 25.1. The maximum Gasteiger partial charge on any atom is 0.402 e. The van der Waals surface area contributed by atoms with E-state index in [1.165, 1.54) is 4.90 Å². The first-order valence-corrected chi connectivity index (χ1v) is 20.1. The molecule has 4 aliphatic rings. The van der Waals surface area contributed by atoms with Gasteiger partial charge in [0, 0.05) is 19.6 Å². The first-order valence-electron chi connectivity index (χ1n) is 18.5. The number of urea groups is 1.